The van der Waals surface area contributed by atoms with E-state index in [0.717, 1.165) is 24.3 Å². The lowest BCUT2D eigenvalue weighted by Crippen LogP contribution is -2.34. The lowest BCUT2D eigenvalue weighted by atomic mass is 9.98. The molecule has 1 saturated heterocycles. The van der Waals surface area contributed by atoms with Crippen molar-refractivity contribution in [1.82, 2.24) is 0 Å². The van der Waals surface area contributed by atoms with Crippen LogP contribution < -0.4 is 15.0 Å². The van der Waals surface area contributed by atoms with E-state index in [4.69, 9.17) is 4.74 Å². The molecule has 2 amide bonds. The van der Waals surface area contributed by atoms with Crippen LogP contribution in [-0.2, 0) is 9.59 Å². The molecule has 3 rings (SSSR count). The average Bonchev–Trinajstić information content (AvgIpc) is 3.00. The largest absolute Gasteiger partial charge is 0.494 e. The standard InChI is InChI=1S/C23H28N2O3/c1-4-14-28-20-12-10-19(11-13-20)25-22(26)15-21(23(25)27)24-18-8-6-17(7-9-18)16(3)5-2/h6-13,16,21,24H,4-5,14-15H2,1-3H3. The number of nitrogens with zero attached hydrogens (tertiary/aromatic N) is 1. The third-order valence-electron chi connectivity index (χ3n) is 5.15. The first-order valence-corrected chi connectivity index (χ1v) is 9.99. The minimum atomic E-state index is -0.544. The molecule has 1 heterocycles. The zero-order valence-electron chi connectivity index (χ0n) is 16.8. The molecule has 0 saturated carbocycles. The molecule has 5 heteroatoms. The van der Waals surface area contributed by atoms with Gasteiger partial charge in [0.2, 0.25) is 5.91 Å². The van der Waals surface area contributed by atoms with E-state index in [1.54, 1.807) is 24.3 Å². The van der Waals surface area contributed by atoms with Gasteiger partial charge in [0.15, 0.2) is 0 Å². The van der Waals surface area contributed by atoms with Crippen LogP contribution in [0.4, 0.5) is 11.4 Å². The fraction of sp³-hybridized carbons (Fsp3) is 0.391. The fourth-order valence-corrected chi connectivity index (χ4v) is 3.27. The maximum Gasteiger partial charge on any atom is 0.256 e. The van der Waals surface area contributed by atoms with E-state index in [1.165, 1.54) is 10.5 Å². The Morgan fingerprint density at radius 1 is 1.07 bits per heavy atom. The number of anilines is 2. The van der Waals surface area contributed by atoms with Crippen LogP contribution in [0.25, 0.3) is 0 Å². The van der Waals surface area contributed by atoms with Crippen LogP contribution in [0, 0.1) is 0 Å². The van der Waals surface area contributed by atoms with Gasteiger partial charge in [-0.1, -0.05) is 32.9 Å². The van der Waals surface area contributed by atoms with E-state index < -0.39 is 6.04 Å². The topological polar surface area (TPSA) is 58.6 Å². The number of benzene rings is 2. The molecule has 2 atom stereocenters. The van der Waals surface area contributed by atoms with Crippen molar-refractivity contribution in [3.05, 3.63) is 54.1 Å². The highest BCUT2D eigenvalue weighted by Crippen LogP contribution is 2.27. The first kappa shape index (κ1) is 19.9. The predicted octanol–water partition coefficient (Wildman–Crippen LogP) is 4.73. The fourth-order valence-electron chi connectivity index (χ4n) is 3.27. The molecule has 0 spiro atoms. The van der Waals surface area contributed by atoms with Crippen molar-refractivity contribution < 1.29 is 14.3 Å². The normalized spacial score (nSPS) is 17.7. The molecule has 0 radical (unpaired) electrons. The van der Waals surface area contributed by atoms with E-state index >= 15 is 0 Å². The van der Waals surface area contributed by atoms with Crippen LogP contribution in [0.5, 0.6) is 5.75 Å². The summed E-state index contributed by atoms with van der Waals surface area (Å²) in [5.41, 5.74) is 2.70. The second kappa shape index (κ2) is 8.91. The number of imide groups is 1. The molecule has 28 heavy (non-hydrogen) atoms. The van der Waals surface area contributed by atoms with Gasteiger partial charge in [-0.2, -0.15) is 0 Å². The van der Waals surface area contributed by atoms with Gasteiger partial charge in [-0.15, -0.1) is 0 Å². The SMILES string of the molecule is CCCOc1ccc(N2C(=O)CC(Nc3ccc(C(C)CC)cc3)C2=O)cc1. The first-order valence-electron chi connectivity index (χ1n) is 9.99. The number of amides is 2. The molecule has 5 nitrogen and oxygen atoms in total. The van der Waals surface area contributed by atoms with E-state index in [2.05, 4.69) is 31.3 Å². The van der Waals surface area contributed by atoms with Gasteiger partial charge < -0.3 is 10.1 Å². The van der Waals surface area contributed by atoms with Crippen molar-refractivity contribution in [3.63, 3.8) is 0 Å². The van der Waals surface area contributed by atoms with Gasteiger partial charge in [-0.25, -0.2) is 4.90 Å². The van der Waals surface area contributed by atoms with Crippen molar-refractivity contribution in [2.24, 2.45) is 0 Å². The number of hydrogen-bond acceptors (Lipinski definition) is 4. The third kappa shape index (κ3) is 4.35. The number of carbonyl (C=O) groups excluding carboxylic acids is 2. The van der Waals surface area contributed by atoms with E-state index in [1.807, 2.05) is 19.1 Å². The van der Waals surface area contributed by atoms with Crippen molar-refractivity contribution in [2.45, 2.75) is 52.0 Å². The van der Waals surface area contributed by atoms with Crippen molar-refractivity contribution in [1.29, 1.82) is 0 Å². The lowest BCUT2D eigenvalue weighted by Gasteiger charge is -2.17. The van der Waals surface area contributed by atoms with Gasteiger partial charge >= 0.3 is 0 Å². The minimum absolute atomic E-state index is 0.153. The Bertz CT molecular complexity index is 815. The average molecular weight is 380 g/mol. The highest BCUT2D eigenvalue weighted by atomic mass is 16.5. The number of ether oxygens (including phenoxy) is 1. The highest BCUT2D eigenvalue weighted by Gasteiger charge is 2.39. The summed E-state index contributed by atoms with van der Waals surface area (Å²) in [6.07, 6.45) is 2.16. The maximum atomic E-state index is 12.8. The molecule has 2 aromatic rings. The maximum absolute atomic E-state index is 12.8. The molecule has 0 bridgehead atoms. The molecule has 0 aliphatic carbocycles. The van der Waals surface area contributed by atoms with Crippen LogP contribution in [-0.4, -0.2) is 24.5 Å². The molecule has 2 unspecified atom stereocenters. The minimum Gasteiger partial charge on any atom is -0.494 e. The predicted molar refractivity (Wildman–Crippen MR) is 112 cm³/mol. The van der Waals surface area contributed by atoms with Gasteiger partial charge in [0.1, 0.15) is 11.8 Å². The van der Waals surface area contributed by atoms with Crippen LogP contribution in [0.3, 0.4) is 0 Å². The number of carbonyl (C=O) groups is 2. The zero-order valence-corrected chi connectivity index (χ0v) is 16.8. The summed E-state index contributed by atoms with van der Waals surface area (Å²) in [6.45, 7) is 7.04. The molecule has 2 aromatic carbocycles. The second-order valence-electron chi connectivity index (χ2n) is 7.24. The summed E-state index contributed by atoms with van der Waals surface area (Å²) in [5, 5.41) is 3.21. The Kier molecular flexibility index (Phi) is 6.34. The smallest absolute Gasteiger partial charge is 0.256 e. The molecular weight excluding hydrogens is 352 g/mol. The van der Waals surface area contributed by atoms with E-state index in [9.17, 15) is 9.59 Å². The molecule has 1 aliphatic heterocycles. The summed E-state index contributed by atoms with van der Waals surface area (Å²) < 4.78 is 5.56. The Morgan fingerprint density at radius 3 is 2.36 bits per heavy atom. The summed E-state index contributed by atoms with van der Waals surface area (Å²) >= 11 is 0. The Balaban J connectivity index is 1.67. The van der Waals surface area contributed by atoms with Crippen molar-refractivity contribution in [2.75, 3.05) is 16.8 Å². The lowest BCUT2D eigenvalue weighted by molar-refractivity contribution is -0.121. The Labute approximate surface area is 166 Å². The number of rotatable bonds is 8. The first-order chi connectivity index (χ1) is 13.5. The van der Waals surface area contributed by atoms with Crippen molar-refractivity contribution in [3.8, 4) is 5.75 Å². The number of hydrogen-bond donors (Lipinski definition) is 1. The van der Waals surface area contributed by atoms with Gasteiger partial charge in [0.05, 0.1) is 18.7 Å². The Morgan fingerprint density at radius 2 is 1.75 bits per heavy atom. The van der Waals surface area contributed by atoms with Gasteiger partial charge in [0, 0.05) is 5.69 Å². The van der Waals surface area contributed by atoms with Crippen LogP contribution >= 0.6 is 0 Å². The van der Waals surface area contributed by atoms with Gasteiger partial charge in [-0.3, -0.25) is 9.59 Å². The van der Waals surface area contributed by atoms with Crippen LogP contribution in [0.2, 0.25) is 0 Å². The summed E-state index contributed by atoms with van der Waals surface area (Å²) in [6, 6.07) is 14.6. The molecule has 0 aromatic heterocycles. The molecule has 148 valence electrons. The summed E-state index contributed by atoms with van der Waals surface area (Å²) in [5.74, 6) is 0.823. The van der Waals surface area contributed by atoms with Crippen LogP contribution in [0.1, 0.15) is 51.5 Å². The number of nitrogens with one attached hydrogen (secondary N) is 1. The quantitative estimate of drug-likeness (QED) is 0.673. The second-order valence-corrected chi connectivity index (χ2v) is 7.24. The zero-order chi connectivity index (χ0) is 20.1. The van der Waals surface area contributed by atoms with Gasteiger partial charge in [-0.05, 0) is 60.7 Å². The molecular formula is C23H28N2O3. The Hall–Kier alpha value is -2.82. The third-order valence-corrected chi connectivity index (χ3v) is 5.15. The van der Waals surface area contributed by atoms with Gasteiger partial charge in [0.25, 0.3) is 5.91 Å². The molecule has 1 N–H and O–H groups in total. The monoisotopic (exact) mass is 380 g/mol. The highest BCUT2D eigenvalue weighted by molar-refractivity contribution is 6.23. The summed E-state index contributed by atoms with van der Waals surface area (Å²) in [7, 11) is 0. The van der Waals surface area contributed by atoms with E-state index in [-0.39, 0.29) is 18.2 Å². The van der Waals surface area contributed by atoms with Crippen molar-refractivity contribution >= 4 is 23.2 Å². The van der Waals surface area contributed by atoms with Crippen LogP contribution in [0.15, 0.2) is 48.5 Å². The molecule has 1 fully saturated rings. The van der Waals surface area contributed by atoms with E-state index in [0.29, 0.717) is 18.2 Å². The molecule has 1 aliphatic rings. The summed E-state index contributed by atoms with van der Waals surface area (Å²) in [4.78, 5) is 26.5.